The second kappa shape index (κ2) is 10.2. The fraction of sp³-hybridized carbons (Fsp3) is 0.0870. The van der Waals surface area contributed by atoms with Crippen LogP contribution >= 0.6 is 11.8 Å². The summed E-state index contributed by atoms with van der Waals surface area (Å²) in [5.41, 5.74) is 4.00. The van der Waals surface area contributed by atoms with Gasteiger partial charge in [0.2, 0.25) is 6.79 Å². The monoisotopic (exact) mass is 503 g/mol. The third-order valence-electron chi connectivity index (χ3n) is 5.03. The molecule has 0 fully saturated rings. The molecule has 180 valence electrons. The van der Waals surface area contributed by atoms with Crippen molar-refractivity contribution in [3.63, 3.8) is 0 Å². The minimum Gasteiger partial charge on any atom is -0.454 e. The van der Waals surface area contributed by atoms with Gasteiger partial charge in [-0.3, -0.25) is 24.5 Å². The van der Waals surface area contributed by atoms with Gasteiger partial charge >= 0.3 is 0 Å². The summed E-state index contributed by atoms with van der Waals surface area (Å²) in [5.74, 6) is 0.830. The van der Waals surface area contributed by atoms with Gasteiger partial charge in [0.15, 0.2) is 22.5 Å². The van der Waals surface area contributed by atoms with Gasteiger partial charge in [-0.05, 0) is 30.3 Å². The number of hydrogen-bond donors (Lipinski definition) is 1. The van der Waals surface area contributed by atoms with Crippen molar-refractivity contribution in [2.75, 3.05) is 12.5 Å². The van der Waals surface area contributed by atoms with E-state index in [4.69, 9.17) is 9.47 Å². The lowest BCUT2D eigenvalue weighted by Crippen LogP contribution is -2.20. The number of nitrogens with zero attached hydrogens (tertiary/aromatic N) is 6. The van der Waals surface area contributed by atoms with Gasteiger partial charge in [-0.15, -0.1) is 10.2 Å². The van der Waals surface area contributed by atoms with E-state index in [1.807, 2.05) is 47.0 Å². The zero-order valence-corrected chi connectivity index (χ0v) is 19.3. The number of hydrazone groups is 1. The average molecular weight is 504 g/mol. The fourth-order valence-corrected chi connectivity index (χ4v) is 4.15. The first kappa shape index (κ1) is 23.0. The van der Waals surface area contributed by atoms with E-state index in [2.05, 4.69) is 25.7 Å². The van der Waals surface area contributed by atoms with Crippen molar-refractivity contribution in [1.29, 1.82) is 0 Å². The number of aromatic nitrogens is 4. The first-order valence-electron chi connectivity index (χ1n) is 10.5. The van der Waals surface area contributed by atoms with Crippen LogP contribution in [-0.4, -0.2) is 49.3 Å². The Balaban J connectivity index is 1.30. The zero-order chi connectivity index (χ0) is 24.9. The van der Waals surface area contributed by atoms with Crippen LogP contribution in [0.3, 0.4) is 0 Å². The molecule has 0 spiro atoms. The molecule has 0 aliphatic carbocycles. The molecule has 0 unspecified atom stereocenters. The lowest BCUT2D eigenvalue weighted by molar-refractivity contribution is -0.385. The highest BCUT2D eigenvalue weighted by Gasteiger charge is 2.22. The molecule has 0 saturated heterocycles. The van der Waals surface area contributed by atoms with Crippen LogP contribution in [0.4, 0.5) is 5.69 Å². The van der Waals surface area contributed by atoms with Crippen molar-refractivity contribution in [3.05, 3.63) is 82.7 Å². The van der Waals surface area contributed by atoms with E-state index in [0.29, 0.717) is 16.7 Å². The summed E-state index contributed by atoms with van der Waals surface area (Å²) in [5, 5.41) is 24.3. The normalized spacial score (nSPS) is 12.1. The molecule has 2 aromatic carbocycles. The molecule has 12 nitrogen and oxygen atoms in total. The Bertz CT molecular complexity index is 1440. The fourth-order valence-electron chi connectivity index (χ4n) is 3.41. The van der Waals surface area contributed by atoms with Gasteiger partial charge < -0.3 is 9.47 Å². The van der Waals surface area contributed by atoms with Crippen molar-refractivity contribution in [3.8, 4) is 28.6 Å². The van der Waals surface area contributed by atoms with Crippen LogP contribution < -0.4 is 14.9 Å². The van der Waals surface area contributed by atoms with Gasteiger partial charge in [0.25, 0.3) is 11.6 Å². The second-order valence-electron chi connectivity index (χ2n) is 7.32. The van der Waals surface area contributed by atoms with Crippen molar-refractivity contribution in [2.24, 2.45) is 5.10 Å². The summed E-state index contributed by atoms with van der Waals surface area (Å²) < 4.78 is 12.3. The van der Waals surface area contributed by atoms with E-state index >= 15 is 0 Å². The standard InChI is InChI=1S/C23H17N7O5S/c31-21(26-25-12-16-10-19-20(35-14-34-19)11-18(16)30(32)33)13-36-23-28-27-22(15-6-8-24-9-7-15)29(23)17-4-2-1-3-5-17/h1-12H,13-14H2,(H,26,31)/b25-12-. The molecule has 0 bridgehead atoms. The Morgan fingerprint density at radius 3 is 2.64 bits per heavy atom. The van der Waals surface area contributed by atoms with Crippen LogP contribution in [-0.2, 0) is 4.79 Å². The van der Waals surface area contributed by atoms with E-state index in [0.717, 1.165) is 11.3 Å². The summed E-state index contributed by atoms with van der Waals surface area (Å²) in [6, 6.07) is 15.9. The molecule has 0 atom stereocenters. The highest BCUT2D eigenvalue weighted by molar-refractivity contribution is 7.99. The number of nitro groups is 1. The predicted octanol–water partition coefficient (Wildman–Crippen LogP) is 3.21. The Labute approximate surface area is 208 Å². The number of hydrogen-bond acceptors (Lipinski definition) is 10. The number of amides is 1. The first-order valence-corrected chi connectivity index (χ1v) is 11.5. The molecule has 0 radical (unpaired) electrons. The summed E-state index contributed by atoms with van der Waals surface area (Å²) in [4.78, 5) is 27.3. The number of carbonyl (C=O) groups is 1. The van der Waals surface area contributed by atoms with Crippen LogP contribution in [0.1, 0.15) is 5.56 Å². The molecule has 13 heteroatoms. The molecule has 1 aliphatic rings. The first-order chi connectivity index (χ1) is 17.6. The lowest BCUT2D eigenvalue weighted by Gasteiger charge is -2.10. The molecule has 0 saturated carbocycles. The van der Waals surface area contributed by atoms with Gasteiger partial charge in [-0.1, -0.05) is 30.0 Å². The number of nitrogens with one attached hydrogen (secondary N) is 1. The van der Waals surface area contributed by atoms with E-state index in [1.165, 1.54) is 30.1 Å². The van der Waals surface area contributed by atoms with Gasteiger partial charge in [0.1, 0.15) is 0 Å². The highest BCUT2D eigenvalue weighted by atomic mass is 32.2. The van der Waals surface area contributed by atoms with Gasteiger partial charge in [-0.25, -0.2) is 5.43 Å². The van der Waals surface area contributed by atoms with E-state index in [-0.39, 0.29) is 29.5 Å². The van der Waals surface area contributed by atoms with Crippen LogP contribution in [0.15, 0.2) is 77.2 Å². The Morgan fingerprint density at radius 1 is 1.14 bits per heavy atom. The quantitative estimate of drug-likeness (QED) is 0.166. The largest absolute Gasteiger partial charge is 0.454 e. The maximum absolute atomic E-state index is 12.4. The molecular weight excluding hydrogens is 486 g/mol. The number of fused-ring (bicyclic) bond motifs is 1. The predicted molar refractivity (Wildman–Crippen MR) is 130 cm³/mol. The number of para-hydroxylation sites is 1. The smallest absolute Gasteiger partial charge is 0.282 e. The summed E-state index contributed by atoms with van der Waals surface area (Å²) in [7, 11) is 0. The van der Waals surface area contributed by atoms with Crippen LogP contribution in [0.2, 0.25) is 0 Å². The van der Waals surface area contributed by atoms with Crippen LogP contribution in [0, 0.1) is 10.1 Å². The number of thioether (sulfide) groups is 1. The van der Waals surface area contributed by atoms with Crippen LogP contribution in [0.25, 0.3) is 17.1 Å². The molecule has 2 aromatic heterocycles. The Hall–Kier alpha value is -4.78. The SMILES string of the molecule is O=C(CSc1nnc(-c2ccncc2)n1-c1ccccc1)N/N=C\c1cc2c(cc1[N+](=O)[O-])OCO2. The topological polar surface area (TPSA) is 147 Å². The van der Waals surface area contributed by atoms with E-state index in [1.54, 1.807) is 12.4 Å². The maximum Gasteiger partial charge on any atom is 0.282 e. The third-order valence-corrected chi connectivity index (χ3v) is 5.96. The Morgan fingerprint density at radius 2 is 1.89 bits per heavy atom. The van der Waals surface area contributed by atoms with Crippen molar-refractivity contribution in [1.82, 2.24) is 25.2 Å². The summed E-state index contributed by atoms with van der Waals surface area (Å²) >= 11 is 1.18. The average Bonchev–Trinajstić information content (AvgIpc) is 3.54. The number of rotatable bonds is 8. The minimum atomic E-state index is -0.558. The van der Waals surface area contributed by atoms with E-state index < -0.39 is 10.8 Å². The van der Waals surface area contributed by atoms with Crippen LogP contribution in [0.5, 0.6) is 11.5 Å². The molecular formula is C23H17N7O5S. The zero-order valence-electron chi connectivity index (χ0n) is 18.5. The molecule has 4 aromatic rings. The van der Waals surface area contributed by atoms with Gasteiger partial charge in [-0.2, -0.15) is 5.10 Å². The summed E-state index contributed by atoms with van der Waals surface area (Å²) in [6.07, 6.45) is 4.53. The molecule has 1 N–H and O–H groups in total. The van der Waals surface area contributed by atoms with Crippen molar-refractivity contribution < 1.29 is 19.2 Å². The molecule has 1 amide bonds. The van der Waals surface area contributed by atoms with E-state index in [9.17, 15) is 14.9 Å². The lowest BCUT2D eigenvalue weighted by atomic mass is 10.1. The Kier molecular flexibility index (Phi) is 6.53. The maximum atomic E-state index is 12.4. The number of pyridine rings is 1. The highest BCUT2D eigenvalue weighted by Crippen LogP contribution is 2.37. The second-order valence-corrected chi connectivity index (χ2v) is 8.26. The van der Waals surface area contributed by atoms with Gasteiger partial charge in [0.05, 0.1) is 28.5 Å². The number of nitro benzene ring substituents is 1. The number of carbonyl (C=O) groups excluding carboxylic acids is 1. The number of ether oxygens (including phenoxy) is 2. The van der Waals surface area contributed by atoms with Gasteiger partial charge in [0, 0.05) is 23.6 Å². The summed E-state index contributed by atoms with van der Waals surface area (Å²) in [6.45, 7) is -0.0164. The number of benzene rings is 2. The molecule has 1 aliphatic heterocycles. The third kappa shape index (κ3) is 4.86. The molecule has 5 rings (SSSR count). The molecule has 36 heavy (non-hydrogen) atoms. The van der Waals surface area contributed by atoms with Crippen molar-refractivity contribution >= 4 is 29.6 Å². The van der Waals surface area contributed by atoms with Crippen molar-refractivity contribution in [2.45, 2.75) is 5.16 Å². The minimum absolute atomic E-state index is 0.0120. The molecule has 3 heterocycles.